The molecule has 2 aromatic carbocycles. The second-order valence-electron chi connectivity index (χ2n) is 6.40. The van der Waals surface area contributed by atoms with E-state index >= 15 is 0 Å². The number of halogens is 1. The monoisotopic (exact) mass is 418 g/mol. The molecule has 7 nitrogen and oxygen atoms in total. The molecule has 3 N–H and O–H groups in total. The van der Waals surface area contributed by atoms with Gasteiger partial charge in [-0.1, -0.05) is 41.9 Å². The van der Waals surface area contributed by atoms with Crippen LogP contribution >= 0.6 is 11.6 Å². The number of carbonyl (C=O) groups excluding carboxylic acids is 2. The molecule has 0 saturated carbocycles. The molecule has 0 aliphatic carbocycles. The smallest absolute Gasteiger partial charge is 0.275 e. The van der Waals surface area contributed by atoms with Gasteiger partial charge >= 0.3 is 0 Å². The van der Waals surface area contributed by atoms with Crippen molar-refractivity contribution >= 4 is 34.3 Å². The first kappa shape index (κ1) is 19.4. The molecule has 0 fully saturated rings. The van der Waals surface area contributed by atoms with Crippen LogP contribution in [0.15, 0.2) is 77.7 Å². The molecule has 2 aromatic heterocycles. The minimum absolute atomic E-state index is 0.112. The minimum atomic E-state index is -0.721. The molecule has 0 bridgehead atoms. The molecule has 4 aromatic rings. The van der Waals surface area contributed by atoms with Gasteiger partial charge < -0.3 is 4.98 Å². The molecule has 0 aliphatic heterocycles. The van der Waals surface area contributed by atoms with Crippen LogP contribution in [0.1, 0.15) is 20.7 Å². The number of amides is 2. The summed E-state index contributed by atoms with van der Waals surface area (Å²) in [6.45, 7) is 0. The number of aromatic amines is 1. The Hall–Kier alpha value is -3.97. The maximum atomic E-state index is 12.9. The van der Waals surface area contributed by atoms with Crippen molar-refractivity contribution < 1.29 is 9.59 Å². The number of rotatable bonds is 3. The van der Waals surface area contributed by atoms with Crippen molar-refractivity contribution in [3.05, 3.63) is 99.4 Å². The van der Waals surface area contributed by atoms with Crippen molar-refractivity contribution in [3.63, 3.8) is 0 Å². The maximum Gasteiger partial charge on any atom is 0.275 e. The van der Waals surface area contributed by atoms with E-state index in [0.717, 1.165) is 5.56 Å². The van der Waals surface area contributed by atoms with Gasteiger partial charge in [-0.2, -0.15) is 0 Å². The van der Waals surface area contributed by atoms with Crippen LogP contribution in [0.3, 0.4) is 0 Å². The standard InChI is InChI=1S/C22H15ClN4O3/c23-14-9-7-13(8-10-14)19-12-17(15-4-1-2-6-18(15)25-19)22(30)27-26-21(29)16-5-3-11-24-20(16)28/h1-12H,(H,24,28)(H,26,29)(H,27,30). The summed E-state index contributed by atoms with van der Waals surface area (Å²) in [6.07, 6.45) is 1.42. The Morgan fingerprint density at radius 3 is 2.30 bits per heavy atom. The van der Waals surface area contributed by atoms with Crippen LogP contribution in [-0.4, -0.2) is 21.8 Å². The minimum Gasteiger partial charge on any atom is -0.328 e. The summed E-state index contributed by atoms with van der Waals surface area (Å²) in [6, 6.07) is 18.8. The summed E-state index contributed by atoms with van der Waals surface area (Å²) >= 11 is 5.96. The van der Waals surface area contributed by atoms with Gasteiger partial charge in [0, 0.05) is 22.2 Å². The number of hydrogen-bond donors (Lipinski definition) is 3. The van der Waals surface area contributed by atoms with Crippen LogP contribution in [0.25, 0.3) is 22.2 Å². The molecular formula is C22H15ClN4O3. The van der Waals surface area contributed by atoms with Gasteiger partial charge in [-0.3, -0.25) is 25.2 Å². The normalized spacial score (nSPS) is 10.6. The van der Waals surface area contributed by atoms with E-state index < -0.39 is 17.4 Å². The molecule has 2 amide bonds. The fraction of sp³-hybridized carbons (Fsp3) is 0. The molecule has 8 heteroatoms. The number of nitrogens with zero attached hydrogens (tertiary/aromatic N) is 1. The first-order valence-corrected chi connectivity index (χ1v) is 9.35. The molecule has 2 heterocycles. The van der Waals surface area contributed by atoms with E-state index in [0.29, 0.717) is 27.2 Å². The predicted octanol–water partition coefficient (Wildman–Crippen LogP) is 3.32. The number of fused-ring (bicyclic) bond motifs is 1. The highest BCUT2D eigenvalue weighted by Crippen LogP contribution is 2.25. The van der Waals surface area contributed by atoms with Crippen molar-refractivity contribution in [2.24, 2.45) is 0 Å². The highest BCUT2D eigenvalue weighted by molar-refractivity contribution is 6.30. The van der Waals surface area contributed by atoms with Gasteiger partial charge in [0.1, 0.15) is 5.56 Å². The SMILES string of the molecule is O=C(NNC(=O)c1cc(-c2ccc(Cl)cc2)nc2ccccc12)c1ccc[nH]c1=O. The largest absolute Gasteiger partial charge is 0.328 e. The summed E-state index contributed by atoms with van der Waals surface area (Å²) < 4.78 is 0. The quantitative estimate of drug-likeness (QED) is 0.444. The zero-order valence-electron chi connectivity index (χ0n) is 15.5. The lowest BCUT2D eigenvalue weighted by Gasteiger charge is -2.11. The summed E-state index contributed by atoms with van der Waals surface area (Å²) in [4.78, 5) is 43.8. The number of H-pyrrole nitrogens is 1. The third-order valence-electron chi connectivity index (χ3n) is 4.45. The Labute approximate surface area is 175 Å². The van der Waals surface area contributed by atoms with E-state index in [2.05, 4.69) is 20.8 Å². The summed E-state index contributed by atoms with van der Waals surface area (Å²) in [5, 5.41) is 1.22. The van der Waals surface area contributed by atoms with Gasteiger partial charge in [-0.15, -0.1) is 0 Å². The molecular weight excluding hydrogens is 404 g/mol. The Morgan fingerprint density at radius 2 is 1.57 bits per heavy atom. The Bertz CT molecular complexity index is 1320. The molecule has 0 radical (unpaired) electrons. The van der Waals surface area contributed by atoms with E-state index in [1.807, 2.05) is 18.2 Å². The number of nitrogens with one attached hydrogen (secondary N) is 3. The van der Waals surface area contributed by atoms with Crippen LogP contribution in [0, 0.1) is 0 Å². The number of para-hydroxylation sites is 1. The first-order valence-electron chi connectivity index (χ1n) is 8.97. The van der Waals surface area contributed by atoms with E-state index in [1.165, 1.54) is 18.3 Å². The van der Waals surface area contributed by atoms with Crippen molar-refractivity contribution in [2.45, 2.75) is 0 Å². The molecule has 148 valence electrons. The lowest BCUT2D eigenvalue weighted by molar-refractivity contribution is 0.0846. The maximum absolute atomic E-state index is 12.9. The second-order valence-corrected chi connectivity index (χ2v) is 6.84. The summed E-state index contributed by atoms with van der Waals surface area (Å²) in [5.74, 6) is -1.26. The van der Waals surface area contributed by atoms with Crippen LogP contribution < -0.4 is 16.4 Å². The van der Waals surface area contributed by atoms with E-state index in [-0.39, 0.29) is 5.56 Å². The topological polar surface area (TPSA) is 104 Å². The first-order chi connectivity index (χ1) is 14.5. The molecule has 30 heavy (non-hydrogen) atoms. The number of carbonyl (C=O) groups is 2. The molecule has 0 unspecified atom stereocenters. The number of hydrogen-bond acceptors (Lipinski definition) is 4. The number of benzene rings is 2. The third-order valence-corrected chi connectivity index (χ3v) is 4.71. The highest BCUT2D eigenvalue weighted by Gasteiger charge is 2.16. The Morgan fingerprint density at radius 1 is 0.867 bits per heavy atom. The van der Waals surface area contributed by atoms with Crippen molar-refractivity contribution in [3.8, 4) is 11.3 Å². The molecule has 0 atom stereocenters. The van der Waals surface area contributed by atoms with Gasteiger partial charge in [0.05, 0.1) is 16.8 Å². The van der Waals surface area contributed by atoms with Gasteiger partial charge in [-0.25, -0.2) is 4.98 Å². The average molecular weight is 419 g/mol. The lowest BCUT2D eigenvalue weighted by atomic mass is 10.0. The van der Waals surface area contributed by atoms with Crippen molar-refractivity contribution in [2.75, 3.05) is 0 Å². The van der Waals surface area contributed by atoms with Gasteiger partial charge in [0.25, 0.3) is 17.4 Å². The number of hydrazine groups is 1. The van der Waals surface area contributed by atoms with E-state index in [4.69, 9.17) is 11.6 Å². The summed E-state index contributed by atoms with van der Waals surface area (Å²) in [7, 11) is 0. The fourth-order valence-electron chi connectivity index (χ4n) is 2.98. The van der Waals surface area contributed by atoms with Gasteiger partial charge in [0.15, 0.2) is 0 Å². The number of aromatic nitrogens is 2. The van der Waals surface area contributed by atoms with Crippen LogP contribution in [0.2, 0.25) is 5.02 Å². The number of pyridine rings is 2. The second kappa shape index (κ2) is 8.18. The molecule has 0 saturated heterocycles. The molecule has 0 spiro atoms. The average Bonchev–Trinajstić information content (AvgIpc) is 2.77. The van der Waals surface area contributed by atoms with Crippen LogP contribution in [0.4, 0.5) is 0 Å². The Kier molecular flexibility index (Phi) is 5.28. The lowest BCUT2D eigenvalue weighted by Crippen LogP contribution is -2.43. The molecule has 0 aliphatic rings. The Balaban J connectivity index is 1.66. The zero-order chi connectivity index (χ0) is 21.1. The van der Waals surface area contributed by atoms with Gasteiger partial charge in [-0.05, 0) is 36.4 Å². The van der Waals surface area contributed by atoms with E-state index in [1.54, 1.807) is 36.4 Å². The predicted molar refractivity (Wildman–Crippen MR) is 114 cm³/mol. The zero-order valence-corrected chi connectivity index (χ0v) is 16.2. The van der Waals surface area contributed by atoms with Crippen LogP contribution in [-0.2, 0) is 0 Å². The highest BCUT2D eigenvalue weighted by atomic mass is 35.5. The van der Waals surface area contributed by atoms with Gasteiger partial charge in [0.2, 0.25) is 0 Å². The van der Waals surface area contributed by atoms with E-state index in [9.17, 15) is 14.4 Å². The molecule has 4 rings (SSSR count). The summed E-state index contributed by atoms with van der Waals surface area (Å²) in [5.41, 5.74) is 6.30. The fourth-order valence-corrected chi connectivity index (χ4v) is 3.11. The third kappa shape index (κ3) is 3.92. The van der Waals surface area contributed by atoms with Crippen molar-refractivity contribution in [1.29, 1.82) is 0 Å². The van der Waals surface area contributed by atoms with Crippen LogP contribution in [0.5, 0.6) is 0 Å². The van der Waals surface area contributed by atoms with Crippen molar-refractivity contribution in [1.82, 2.24) is 20.8 Å².